The van der Waals surface area contributed by atoms with E-state index in [2.05, 4.69) is 29.2 Å². The van der Waals surface area contributed by atoms with E-state index in [0.29, 0.717) is 43.4 Å². The van der Waals surface area contributed by atoms with Crippen molar-refractivity contribution < 1.29 is 24.1 Å². The Bertz CT molecular complexity index is 991. The first-order chi connectivity index (χ1) is 16.7. The highest BCUT2D eigenvalue weighted by Crippen LogP contribution is 2.29. The molecule has 2 aromatic carbocycles. The van der Waals surface area contributed by atoms with Gasteiger partial charge < -0.3 is 24.2 Å². The van der Waals surface area contributed by atoms with Crippen LogP contribution in [0.3, 0.4) is 0 Å². The highest BCUT2D eigenvalue weighted by atomic mass is 16.5. The van der Waals surface area contributed by atoms with Crippen molar-refractivity contribution in [3.63, 3.8) is 0 Å². The van der Waals surface area contributed by atoms with E-state index in [1.807, 2.05) is 6.07 Å². The number of hydrogen-bond acceptors (Lipinski definition) is 6. The van der Waals surface area contributed by atoms with Gasteiger partial charge in [-0.1, -0.05) is 24.3 Å². The standard InChI is InChI=1S/C27H34N2O5/c30-22(17-28-11-10-20-5-1-2-6-21(20)16-28)18-29-12-14-33-26-15-23(8-9-25(26)27(29)31)34-19-24-7-3-4-13-32-24/h1-2,5-6,8-9,15,22,24,30H,3-4,7,10-14,16-19H2. The van der Waals surface area contributed by atoms with Gasteiger partial charge in [-0.2, -0.15) is 0 Å². The van der Waals surface area contributed by atoms with Crippen LogP contribution >= 0.6 is 0 Å². The molecule has 1 amide bonds. The summed E-state index contributed by atoms with van der Waals surface area (Å²) in [6.45, 7) is 4.72. The van der Waals surface area contributed by atoms with Gasteiger partial charge in [0.2, 0.25) is 0 Å². The van der Waals surface area contributed by atoms with Crippen LogP contribution in [0.4, 0.5) is 0 Å². The lowest BCUT2D eigenvalue weighted by Crippen LogP contribution is -2.44. The minimum absolute atomic E-state index is 0.113. The summed E-state index contributed by atoms with van der Waals surface area (Å²) in [6, 6.07) is 13.8. The van der Waals surface area contributed by atoms with Crippen LogP contribution in [0.5, 0.6) is 11.5 Å². The van der Waals surface area contributed by atoms with Crippen LogP contribution in [-0.2, 0) is 17.7 Å². The summed E-state index contributed by atoms with van der Waals surface area (Å²) in [5, 5.41) is 10.8. The van der Waals surface area contributed by atoms with Crippen LogP contribution in [0.2, 0.25) is 0 Å². The summed E-state index contributed by atoms with van der Waals surface area (Å²) >= 11 is 0. The van der Waals surface area contributed by atoms with E-state index in [-0.39, 0.29) is 18.6 Å². The molecule has 2 unspecified atom stereocenters. The molecule has 3 aliphatic rings. The molecule has 2 aromatic rings. The second-order valence-electron chi connectivity index (χ2n) is 9.46. The third-order valence-corrected chi connectivity index (χ3v) is 6.91. The van der Waals surface area contributed by atoms with Gasteiger partial charge in [0.15, 0.2) is 0 Å². The zero-order valence-electron chi connectivity index (χ0n) is 19.7. The van der Waals surface area contributed by atoms with Gasteiger partial charge >= 0.3 is 0 Å². The first kappa shape index (κ1) is 23.1. The molecule has 3 heterocycles. The van der Waals surface area contributed by atoms with Gasteiger partial charge in [0.1, 0.15) is 24.7 Å². The van der Waals surface area contributed by atoms with Crippen LogP contribution in [0.25, 0.3) is 0 Å². The molecule has 34 heavy (non-hydrogen) atoms. The van der Waals surface area contributed by atoms with Gasteiger partial charge in [-0.3, -0.25) is 9.69 Å². The minimum Gasteiger partial charge on any atom is -0.491 e. The zero-order chi connectivity index (χ0) is 23.3. The maximum Gasteiger partial charge on any atom is 0.257 e. The Labute approximate surface area is 201 Å². The predicted octanol–water partition coefficient (Wildman–Crippen LogP) is 2.89. The number of amides is 1. The number of aliphatic hydroxyl groups excluding tert-OH is 1. The minimum atomic E-state index is -0.617. The van der Waals surface area contributed by atoms with Gasteiger partial charge in [0, 0.05) is 38.9 Å². The number of β-amino-alcohol motifs (C(OH)–C–C–N with tert-alkyl or cyclic N) is 1. The Morgan fingerprint density at radius 1 is 1.06 bits per heavy atom. The van der Waals surface area contributed by atoms with Crippen LogP contribution in [0, 0.1) is 0 Å². The molecule has 5 rings (SSSR count). The third-order valence-electron chi connectivity index (χ3n) is 6.91. The van der Waals surface area contributed by atoms with Gasteiger partial charge in [0.05, 0.1) is 24.3 Å². The van der Waals surface area contributed by atoms with Crippen LogP contribution in [-0.4, -0.2) is 79.0 Å². The molecular weight excluding hydrogens is 432 g/mol. The first-order valence-corrected chi connectivity index (χ1v) is 12.4. The molecule has 7 nitrogen and oxygen atoms in total. The number of aliphatic hydroxyl groups is 1. The van der Waals surface area contributed by atoms with Crippen molar-refractivity contribution in [2.24, 2.45) is 0 Å². The number of benzene rings is 2. The van der Waals surface area contributed by atoms with Gasteiger partial charge in [-0.25, -0.2) is 0 Å². The largest absolute Gasteiger partial charge is 0.491 e. The van der Waals surface area contributed by atoms with E-state index in [1.54, 1.807) is 17.0 Å². The topological polar surface area (TPSA) is 71.5 Å². The lowest BCUT2D eigenvalue weighted by atomic mass is 10.00. The zero-order valence-corrected chi connectivity index (χ0v) is 19.7. The van der Waals surface area contributed by atoms with E-state index >= 15 is 0 Å². The van der Waals surface area contributed by atoms with Gasteiger partial charge in [-0.15, -0.1) is 0 Å². The summed E-state index contributed by atoms with van der Waals surface area (Å²) in [4.78, 5) is 17.2. The molecule has 0 saturated carbocycles. The molecule has 0 bridgehead atoms. The Balaban J connectivity index is 1.17. The predicted molar refractivity (Wildman–Crippen MR) is 128 cm³/mol. The number of rotatable bonds is 7. The lowest BCUT2D eigenvalue weighted by molar-refractivity contribution is -0.0111. The van der Waals surface area contributed by atoms with Crippen molar-refractivity contribution in [2.75, 3.05) is 46.0 Å². The number of carbonyl (C=O) groups is 1. The smallest absolute Gasteiger partial charge is 0.257 e. The quantitative estimate of drug-likeness (QED) is 0.677. The lowest BCUT2D eigenvalue weighted by Gasteiger charge is -2.32. The highest BCUT2D eigenvalue weighted by Gasteiger charge is 2.27. The van der Waals surface area contributed by atoms with E-state index in [1.165, 1.54) is 17.5 Å². The van der Waals surface area contributed by atoms with Crippen LogP contribution in [0.15, 0.2) is 42.5 Å². The number of hydrogen-bond donors (Lipinski definition) is 1. The maximum absolute atomic E-state index is 13.2. The average Bonchev–Trinajstić information content (AvgIpc) is 3.01. The van der Waals surface area contributed by atoms with Crippen molar-refractivity contribution in [3.8, 4) is 11.5 Å². The van der Waals surface area contributed by atoms with E-state index in [4.69, 9.17) is 14.2 Å². The van der Waals surface area contributed by atoms with Gasteiger partial charge in [-0.05, 0) is 48.9 Å². The molecule has 0 aromatic heterocycles. The van der Waals surface area contributed by atoms with E-state index < -0.39 is 6.10 Å². The second-order valence-corrected chi connectivity index (χ2v) is 9.46. The summed E-state index contributed by atoms with van der Waals surface area (Å²) < 4.78 is 17.5. The Morgan fingerprint density at radius 2 is 1.94 bits per heavy atom. The first-order valence-electron chi connectivity index (χ1n) is 12.4. The number of nitrogens with zero attached hydrogens (tertiary/aromatic N) is 2. The Morgan fingerprint density at radius 3 is 2.79 bits per heavy atom. The van der Waals surface area contributed by atoms with Crippen molar-refractivity contribution in [1.82, 2.24) is 9.80 Å². The summed E-state index contributed by atoms with van der Waals surface area (Å²) in [5.41, 5.74) is 3.22. The molecule has 182 valence electrons. The molecule has 7 heteroatoms. The summed E-state index contributed by atoms with van der Waals surface area (Å²) in [5.74, 6) is 1.11. The third kappa shape index (κ3) is 5.54. The monoisotopic (exact) mass is 466 g/mol. The number of ether oxygens (including phenoxy) is 3. The maximum atomic E-state index is 13.2. The molecule has 1 N–H and O–H groups in total. The molecule has 0 aliphatic carbocycles. The van der Waals surface area contributed by atoms with Crippen LogP contribution in [0.1, 0.15) is 40.7 Å². The number of carbonyl (C=O) groups excluding carboxylic acids is 1. The fraction of sp³-hybridized carbons (Fsp3) is 0.519. The second kappa shape index (κ2) is 10.8. The molecule has 1 fully saturated rings. The Hall–Kier alpha value is -2.61. The molecule has 2 atom stereocenters. The fourth-order valence-electron chi connectivity index (χ4n) is 5.05. The fourth-order valence-corrected chi connectivity index (χ4v) is 5.05. The van der Waals surface area contributed by atoms with Crippen LogP contribution < -0.4 is 9.47 Å². The summed E-state index contributed by atoms with van der Waals surface area (Å²) in [6.07, 6.45) is 3.80. The van der Waals surface area contributed by atoms with Gasteiger partial charge in [0.25, 0.3) is 5.91 Å². The molecule has 1 saturated heterocycles. The highest BCUT2D eigenvalue weighted by molar-refractivity contribution is 5.97. The van der Waals surface area contributed by atoms with Crippen molar-refractivity contribution in [2.45, 2.75) is 44.4 Å². The molecule has 0 radical (unpaired) electrons. The van der Waals surface area contributed by atoms with Crippen molar-refractivity contribution in [3.05, 3.63) is 59.2 Å². The molecule has 3 aliphatic heterocycles. The SMILES string of the molecule is O=C1c2ccc(OCC3CCCCO3)cc2OCCN1CC(O)CN1CCc2ccccc2C1. The average molecular weight is 467 g/mol. The van der Waals surface area contributed by atoms with Crippen molar-refractivity contribution in [1.29, 1.82) is 0 Å². The van der Waals surface area contributed by atoms with Crippen molar-refractivity contribution >= 4 is 5.91 Å². The molecular formula is C27H34N2O5. The van der Waals surface area contributed by atoms with E-state index in [9.17, 15) is 9.90 Å². The Kier molecular flexibility index (Phi) is 7.33. The normalized spacial score (nSPS) is 21.7. The number of fused-ring (bicyclic) bond motifs is 2. The van der Waals surface area contributed by atoms with E-state index in [0.717, 1.165) is 39.0 Å². The molecule has 0 spiro atoms. The summed E-state index contributed by atoms with van der Waals surface area (Å²) in [7, 11) is 0.